The quantitative estimate of drug-likeness (QED) is 0.414. The molecule has 1 aliphatic rings. The Morgan fingerprint density at radius 2 is 1.83 bits per heavy atom. The van der Waals surface area contributed by atoms with Crippen LogP contribution >= 0.6 is 24.0 Å². The molecule has 23 heavy (non-hydrogen) atoms. The minimum atomic E-state index is 0. The van der Waals surface area contributed by atoms with Crippen LogP contribution in [0.1, 0.15) is 36.8 Å². The molecule has 0 aromatic heterocycles. The highest BCUT2D eigenvalue weighted by atomic mass is 127. The summed E-state index contributed by atoms with van der Waals surface area (Å²) in [6.45, 7) is 4.91. The summed E-state index contributed by atoms with van der Waals surface area (Å²) in [5.41, 5.74) is 2.57. The average Bonchev–Trinajstić information content (AvgIpc) is 3.06. The summed E-state index contributed by atoms with van der Waals surface area (Å²) < 4.78 is 0. The lowest BCUT2D eigenvalue weighted by molar-refractivity contribution is 0.249. The Bertz CT molecular complexity index is 466. The largest absolute Gasteiger partial charge is 0.355 e. The number of benzene rings is 1. The maximum atomic E-state index is 4.29. The third-order valence-electron chi connectivity index (χ3n) is 4.51. The van der Waals surface area contributed by atoms with Crippen molar-refractivity contribution in [3.05, 3.63) is 35.4 Å². The summed E-state index contributed by atoms with van der Waals surface area (Å²) in [6.07, 6.45) is 5.50. The van der Waals surface area contributed by atoms with Crippen molar-refractivity contribution in [3.8, 4) is 0 Å². The van der Waals surface area contributed by atoms with Crippen molar-refractivity contribution in [2.45, 2.75) is 45.2 Å². The predicted octanol–water partition coefficient (Wildman–Crippen LogP) is 3.15. The zero-order valence-corrected chi connectivity index (χ0v) is 17.0. The van der Waals surface area contributed by atoms with Crippen molar-refractivity contribution in [1.82, 2.24) is 15.5 Å². The molecule has 5 heteroatoms. The minimum Gasteiger partial charge on any atom is -0.355 e. The molecule has 0 heterocycles. The number of rotatable bonds is 6. The Morgan fingerprint density at radius 3 is 2.43 bits per heavy atom. The lowest BCUT2D eigenvalue weighted by Gasteiger charge is -2.24. The van der Waals surface area contributed by atoms with Gasteiger partial charge >= 0.3 is 0 Å². The number of hydrogen-bond donors (Lipinski definition) is 2. The molecule has 0 aliphatic heterocycles. The van der Waals surface area contributed by atoms with Gasteiger partial charge < -0.3 is 15.5 Å². The molecule has 0 unspecified atom stereocenters. The van der Waals surface area contributed by atoms with Crippen LogP contribution in [-0.4, -0.2) is 44.1 Å². The van der Waals surface area contributed by atoms with Crippen LogP contribution in [0, 0.1) is 6.92 Å². The molecule has 4 nitrogen and oxygen atoms in total. The molecular weight excluding hydrogens is 399 g/mol. The van der Waals surface area contributed by atoms with E-state index in [1.165, 1.54) is 36.8 Å². The lowest BCUT2D eigenvalue weighted by Crippen LogP contribution is -2.42. The van der Waals surface area contributed by atoms with E-state index in [1.54, 1.807) is 0 Å². The van der Waals surface area contributed by atoms with E-state index in [0.29, 0.717) is 0 Å². The summed E-state index contributed by atoms with van der Waals surface area (Å²) in [5.74, 6) is 0.875. The van der Waals surface area contributed by atoms with Gasteiger partial charge in [0.25, 0.3) is 0 Å². The minimum absolute atomic E-state index is 0. The first-order valence-corrected chi connectivity index (χ1v) is 8.39. The highest BCUT2D eigenvalue weighted by molar-refractivity contribution is 14.0. The van der Waals surface area contributed by atoms with Crippen molar-refractivity contribution >= 4 is 29.9 Å². The molecule has 0 spiro atoms. The second kappa shape index (κ2) is 10.9. The molecule has 1 aromatic carbocycles. The van der Waals surface area contributed by atoms with E-state index in [2.05, 4.69) is 58.8 Å². The van der Waals surface area contributed by atoms with E-state index in [-0.39, 0.29) is 24.0 Å². The fraction of sp³-hybridized carbons (Fsp3) is 0.611. The van der Waals surface area contributed by atoms with Gasteiger partial charge in [0, 0.05) is 32.7 Å². The van der Waals surface area contributed by atoms with Crippen molar-refractivity contribution < 1.29 is 0 Å². The van der Waals surface area contributed by atoms with Crippen LogP contribution in [0.2, 0.25) is 0 Å². The molecule has 1 aromatic rings. The maximum Gasteiger partial charge on any atom is 0.191 e. The zero-order valence-electron chi connectivity index (χ0n) is 14.6. The Kier molecular flexibility index (Phi) is 9.55. The molecule has 0 saturated heterocycles. The van der Waals surface area contributed by atoms with E-state index in [4.69, 9.17) is 0 Å². The number of aryl methyl sites for hydroxylation is 1. The molecular formula is C18H31IN4. The molecule has 0 radical (unpaired) electrons. The highest BCUT2D eigenvalue weighted by Crippen LogP contribution is 2.21. The Hall–Kier alpha value is -0.820. The second-order valence-electron chi connectivity index (χ2n) is 6.26. The first-order valence-electron chi connectivity index (χ1n) is 8.39. The van der Waals surface area contributed by atoms with Gasteiger partial charge in [0.2, 0.25) is 0 Å². The van der Waals surface area contributed by atoms with Gasteiger partial charge in [-0.15, -0.1) is 24.0 Å². The molecule has 2 rings (SSSR count). The van der Waals surface area contributed by atoms with Gasteiger partial charge in [0.05, 0.1) is 0 Å². The van der Waals surface area contributed by atoms with Gasteiger partial charge in [0.15, 0.2) is 5.96 Å². The Morgan fingerprint density at radius 1 is 1.17 bits per heavy atom. The maximum absolute atomic E-state index is 4.29. The molecule has 130 valence electrons. The third kappa shape index (κ3) is 7.08. The standard InChI is InChI=1S/C18H30N4.HI/c1-15-8-10-16(11-9-15)14-21-18(19-2)20-12-13-22(3)17-6-4-5-7-17;/h8-11,17H,4-7,12-14H2,1-3H3,(H2,19,20,21);1H. The van der Waals surface area contributed by atoms with Gasteiger partial charge in [-0.3, -0.25) is 4.99 Å². The average molecular weight is 430 g/mol. The summed E-state index contributed by atoms with van der Waals surface area (Å²) in [4.78, 5) is 6.77. The number of hydrogen-bond acceptors (Lipinski definition) is 2. The topological polar surface area (TPSA) is 39.7 Å². The number of nitrogens with one attached hydrogen (secondary N) is 2. The van der Waals surface area contributed by atoms with Crippen molar-refractivity contribution in [2.24, 2.45) is 4.99 Å². The molecule has 0 bridgehead atoms. The number of halogens is 1. The first kappa shape index (κ1) is 20.2. The van der Waals surface area contributed by atoms with E-state index < -0.39 is 0 Å². The second-order valence-corrected chi connectivity index (χ2v) is 6.26. The number of aliphatic imine (C=N–C) groups is 1. The van der Waals surface area contributed by atoms with Crippen LogP contribution in [-0.2, 0) is 6.54 Å². The smallest absolute Gasteiger partial charge is 0.191 e. The summed E-state index contributed by atoms with van der Waals surface area (Å²) >= 11 is 0. The Balaban J connectivity index is 0.00000264. The summed E-state index contributed by atoms with van der Waals surface area (Å²) in [7, 11) is 4.06. The fourth-order valence-electron chi connectivity index (χ4n) is 2.99. The van der Waals surface area contributed by atoms with Crippen molar-refractivity contribution in [3.63, 3.8) is 0 Å². The van der Waals surface area contributed by atoms with E-state index in [0.717, 1.165) is 31.6 Å². The van der Waals surface area contributed by atoms with Gasteiger partial charge in [-0.05, 0) is 32.4 Å². The lowest BCUT2D eigenvalue weighted by atomic mass is 10.1. The third-order valence-corrected chi connectivity index (χ3v) is 4.51. The fourth-order valence-corrected chi connectivity index (χ4v) is 2.99. The normalized spacial score (nSPS) is 15.6. The zero-order chi connectivity index (χ0) is 15.8. The monoisotopic (exact) mass is 430 g/mol. The van der Waals surface area contributed by atoms with Crippen LogP contribution in [0.25, 0.3) is 0 Å². The van der Waals surface area contributed by atoms with Crippen LogP contribution < -0.4 is 10.6 Å². The molecule has 0 amide bonds. The predicted molar refractivity (Wildman–Crippen MR) is 110 cm³/mol. The Labute approximate surface area is 158 Å². The number of nitrogens with zero attached hydrogens (tertiary/aromatic N) is 2. The van der Waals surface area contributed by atoms with Gasteiger partial charge in [-0.25, -0.2) is 0 Å². The van der Waals surface area contributed by atoms with Gasteiger partial charge in [0.1, 0.15) is 0 Å². The number of likely N-dealkylation sites (N-methyl/N-ethyl adjacent to an activating group) is 1. The molecule has 1 saturated carbocycles. The van der Waals surface area contributed by atoms with E-state index in [1.807, 2.05) is 7.05 Å². The van der Waals surface area contributed by atoms with Crippen LogP contribution in [0.5, 0.6) is 0 Å². The van der Waals surface area contributed by atoms with Gasteiger partial charge in [-0.2, -0.15) is 0 Å². The molecule has 2 N–H and O–H groups in total. The van der Waals surface area contributed by atoms with Crippen LogP contribution in [0.4, 0.5) is 0 Å². The SMILES string of the molecule is CN=C(NCCN(C)C1CCCC1)NCc1ccc(C)cc1.I. The molecule has 1 aliphatic carbocycles. The van der Waals surface area contributed by atoms with E-state index in [9.17, 15) is 0 Å². The summed E-state index contributed by atoms with van der Waals surface area (Å²) in [5, 5.41) is 6.77. The summed E-state index contributed by atoms with van der Waals surface area (Å²) in [6, 6.07) is 9.38. The van der Waals surface area contributed by atoms with Crippen LogP contribution in [0.15, 0.2) is 29.3 Å². The van der Waals surface area contributed by atoms with Gasteiger partial charge in [-0.1, -0.05) is 42.7 Å². The number of guanidine groups is 1. The van der Waals surface area contributed by atoms with Crippen molar-refractivity contribution in [2.75, 3.05) is 27.2 Å². The van der Waals surface area contributed by atoms with Crippen LogP contribution in [0.3, 0.4) is 0 Å². The molecule has 0 atom stereocenters. The highest BCUT2D eigenvalue weighted by Gasteiger charge is 2.18. The molecule has 1 fully saturated rings. The van der Waals surface area contributed by atoms with Crippen molar-refractivity contribution in [1.29, 1.82) is 0 Å². The van der Waals surface area contributed by atoms with E-state index >= 15 is 0 Å². The first-order chi connectivity index (χ1) is 10.7.